The Labute approximate surface area is 153 Å². The van der Waals surface area contributed by atoms with Gasteiger partial charge in [0.2, 0.25) is 15.9 Å². The number of hydrogen-bond acceptors (Lipinski definition) is 6. The van der Waals surface area contributed by atoms with E-state index < -0.39 is 14.9 Å². The molecule has 1 aromatic carbocycles. The Hall–Kier alpha value is -2.20. The lowest BCUT2D eigenvalue weighted by Crippen LogP contribution is -2.39. The lowest BCUT2D eigenvalue weighted by molar-refractivity contribution is -0.384. The summed E-state index contributed by atoms with van der Waals surface area (Å²) in [7, 11) is -0.778. The first kappa shape index (κ1) is 20.1. The third kappa shape index (κ3) is 4.31. The molecule has 1 atom stereocenters. The highest BCUT2D eigenvalue weighted by atomic mass is 32.2. The van der Waals surface area contributed by atoms with Crippen LogP contribution in [0.15, 0.2) is 23.1 Å². The highest BCUT2D eigenvalue weighted by Crippen LogP contribution is 2.32. The van der Waals surface area contributed by atoms with Gasteiger partial charge in [-0.25, -0.2) is 8.42 Å². The topological polar surface area (TPSA) is 113 Å². The Morgan fingerprint density at radius 1 is 1.46 bits per heavy atom. The maximum atomic E-state index is 12.8. The van der Waals surface area contributed by atoms with Crippen LogP contribution < -0.4 is 10.2 Å². The number of nitro benzene ring substituents is 1. The van der Waals surface area contributed by atoms with Crippen molar-refractivity contribution in [1.82, 2.24) is 9.62 Å². The van der Waals surface area contributed by atoms with Gasteiger partial charge in [0.15, 0.2) is 0 Å². The molecule has 0 bridgehead atoms. The number of carbonyl (C=O) groups is 1. The summed E-state index contributed by atoms with van der Waals surface area (Å²) in [6, 6.07) is 3.81. The van der Waals surface area contributed by atoms with Gasteiger partial charge in [0.1, 0.15) is 5.69 Å². The number of piperidine rings is 1. The lowest BCUT2D eigenvalue weighted by Gasteiger charge is -2.30. The Morgan fingerprint density at radius 2 is 2.15 bits per heavy atom. The van der Waals surface area contributed by atoms with E-state index in [-0.39, 0.29) is 34.6 Å². The maximum absolute atomic E-state index is 12.8. The summed E-state index contributed by atoms with van der Waals surface area (Å²) in [6.45, 7) is 2.74. The molecule has 0 radical (unpaired) electrons. The predicted molar refractivity (Wildman–Crippen MR) is 97.6 cm³/mol. The van der Waals surface area contributed by atoms with Crippen molar-refractivity contribution < 1.29 is 18.1 Å². The number of anilines is 1. The van der Waals surface area contributed by atoms with E-state index in [4.69, 9.17) is 0 Å². The Kier molecular flexibility index (Phi) is 6.19. The molecule has 144 valence electrons. The summed E-state index contributed by atoms with van der Waals surface area (Å²) in [4.78, 5) is 23.7. The predicted octanol–water partition coefficient (Wildman–Crippen LogP) is 1.20. The van der Waals surface area contributed by atoms with Gasteiger partial charge in [0.25, 0.3) is 5.69 Å². The number of rotatable bonds is 6. The summed E-state index contributed by atoms with van der Waals surface area (Å²) in [5.41, 5.74) is -0.160. The Balaban J connectivity index is 2.38. The summed E-state index contributed by atoms with van der Waals surface area (Å²) >= 11 is 0. The van der Waals surface area contributed by atoms with Crippen molar-refractivity contribution >= 4 is 27.3 Å². The van der Waals surface area contributed by atoms with Gasteiger partial charge < -0.3 is 10.2 Å². The quantitative estimate of drug-likeness (QED) is 0.582. The van der Waals surface area contributed by atoms with Crippen molar-refractivity contribution in [3.8, 4) is 0 Å². The van der Waals surface area contributed by atoms with Gasteiger partial charge in [-0.15, -0.1) is 0 Å². The number of likely N-dealkylation sites (N-methyl/N-ethyl adjacent to an activating group) is 2. The van der Waals surface area contributed by atoms with Crippen molar-refractivity contribution in [2.45, 2.75) is 24.7 Å². The monoisotopic (exact) mass is 384 g/mol. The van der Waals surface area contributed by atoms with Crippen LogP contribution >= 0.6 is 0 Å². The number of nitrogens with zero attached hydrogens (tertiary/aromatic N) is 3. The van der Waals surface area contributed by atoms with Gasteiger partial charge in [0.05, 0.1) is 16.4 Å². The van der Waals surface area contributed by atoms with E-state index in [9.17, 15) is 23.3 Å². The van der Waals surface area contributed by atoms with Crippen LogP contribution in [0, 0.1) is 16.0 Å². The van der Waals surface area contributed by atoms with Gasteiger partial charge in [-0.2, -0.15) is 4.31 Å². The summed E-state index contributed by atoms with van der Waals surface area (Å²) < 4.78 is 27.1. The molecule has 0 saturated carbocycles. The minimum atomic E-state index is -3.79. The molecule has 1 aromatic rings. The average Bonchev–Trinajstić information content (AvgIpc) is 2.60. The number of benzene rings is 1. The lowest BCUT2D eigenvalue weighted by atomic mass is 10.0. The first-order chi connectivity index (χ1) is 12.2. The average molecular weight is 384 g/mol. The van der Waals surface area contributed by atoms with Crippen LogP contribution in [-0.2, 0) is 14.8 Å². The normalized spacial score (nSPS) is 18.3. The number of hydrogen-bond donors (Lipinski definition) is 1. The molecule has 0 spiro atoms. The molecule has 1 aliphatic rings. The van der Waals surface area contributed by atoms with Crippen LogP contribution in [0.25, 0.3) is 0 Å². The first-order valence-corrected chi connectivity index (χ1v) is 9.81. The van der Waals surface area contributed by atoms with Crippen molar-refractivity contribution in [2.24, 2.45) is 5.92 Å². The SMILES string of the molecule is CNC(=O)CN(C)c1ccc(S(=O)(=O)N2CCCC(C)C2)cc1[N+](=O)[O-]. The fourth-order valence-corrected chi connectivity index (χ4v) is 4.64. The standard InChI is InChI=1S/C16H24N4O5S/c1-12-5-4-8-19(10-12)26(24,25)13-6-7-14(15(9-13)20(22)23)18(3)11-16(21)17-2/h6-7,9,12H,4-5,8,10-11H2,1-3H3,(H,17,21). The van der Waals surface area contributed by atoms with Crippen LogP contribution in [0.1, 0.15) is 19.8 Å². The highest BCUT2D eigenvalue weighted by molar-refractivity contribution is 7.89. The molecule has 1 amide bonds. The van der Waals surface area contributed by atoms with E-state index in [0.29, 0.717) is 13.1 Å². The zero-order valence-electron chi connectivity index (χ0n) is 15.1. The van der Waals surface area contributed by atoms with Crippen LogP contribution in [-0.4, -0.2) is 57.3 Å². The van der Waals surface area contributed by atoms with Gasteiger partial charge >= 0.3 is 0 Å². The molecule has 26 heavy (non-hydrogen) atoms. The molecule has 1 unspecified atom stereocenters. The number of sulfonamides is 1. The number of amides is 1. The number of carbonyl (C=O) groups excluding carboxylic acids is 1. The molecule has 1 aliphatic heterocycles. The summed E-state index contributed by atoms with van der Waals surface area (Å²) in [6.07, 6.45) is 1.74. The van der Waals surface area contributed by atoms with E-state index in [1.54, 1.807) is 0 Å². The third-order valence-electron chi connectivity index (χ3n) is 4.47. The summed E-state index contributed by atoms with van der Waals surface area (Å²) in [5.74, 6) is -0.0488. The van der Waals surface area contributed by atoms with E-state index in [0.717, 1.165) is 18.9 Å². The molecule has 2 rings (SSSR count). The second kappa shape index (κ2) is 8.00. The highest BCUT2D eigenvalue weighted by Gasteiger charge is 2.31. The molecule has 1 N–H and O–H groups in total. The minimum Gasteiger partial charge on any atom is -0.360 e. The van der Waals surface area contributed by atoms with Crippen molar-refractivity contribution in [1.29, 1.82) is 0 Å². The number of nitrogens with one attached hydrogen (secondary N) is 1. The zero-order valence-corrected chi connectivity index (χ0v) is 16.0. The summed E-state index contributed by atoms with van der Waals surface area (Å²) in [5, 5.41) is 13.9. The largest absolute Gasteiger partial charge is 0.360 e. The molecule has 10 heteroatoms. The van der Waals surface area contributed by atoms with E-state index in [1.807, 2.05) is 6.92 Å². The van der Waals surface area contributed by atoms with Gasteiger partial charge in [-0.3, -0.25) is 14.9 Å². The second-order valence-electron chi connectivity index (χ2n) is 6.55. The molecule has 0 aromatic heterocycles. The maximum Gasteiger partial charge on any atom is 0.293 e. The first-order valence-electron chi connectivity index (χ1n) is 8.37. The minimum absolute atomic E-state index is 0.0763. The molecular formula is C16H24N4O5S. The van der Waals surface area contributed by atoms with Crippen molar-refractivity contribution in [3.63, 3.8) is 0 Å². The molecule has 9 nitrogen and oxygen atoms in total. The molecule has 1 heterocycles. The van der Waals surface area contributed by atoms with E-state index in [2.05, 4.69) is 5.32 Å². The molecule has 0 aliphatic carbocycles. The number of nitro groups is 1. The third-order valence-corrected chi connectivity index (χ3v) is 6.33. The molecule has 1 fully saturated rings. The van der Waals surface area contributed by atoms with Crippen LogP contribution in [0.4, 0.5) is 11.4 Å². The van der Waals surface area contributed by atoms with Crippen molar-refractivity contribution in [3.05, 3.63) is 28.3 Å². The zero-order chi connectivity index (χ0) is 19.5. The molecule has 1 saturated heterocycles. The van der Waals surface area contributed by atoms with E-state index in [1.165, 1.54) is 35.4 Å². The van der Waals surface area contributed by atoms with Crippen LogP contribution in [0.5, 0.6) is 0 Å². The fraction of sp³-hybridized carbons (Fsp3) is 0.562. The van der Waals surface area contributed by atoms with Crippen LogP contribution in [0.2, 0.25) is 0 Å². The molecular weight excluding hydrogens is 360 g/mol. The smallest absolute Gasteiger partial charge is 0.293 e. The van der Waals surface area contributed by atoms with Crippen molar-refractivity contribution in [2.75, 3.05) is 38.6 Å². The second-order valence-corrected chi connectivity index (χ2v) is 8.49. The Bertz CT molecular complexity index is 796. The van der Waals surface area contributed by atoms with Gasteiger partial charge in [0, 0.05) is 33.3 Å². The Morgan fingerprint density at radius 3 is 2.73 bits per heavy atom. The van der Waals surface area contributed by atoms with Gasteiger partial charge in [-0.05, 0) is 30.9 Å². The van der Waals surface area contributed by atoms with E-state index >= 15 is 0 Å². The van der Waals surface area contributed by atoms with Crippen LogP contribution in [0.3, 0.4) is 0 Å². The fourth-order valence-electron chi connectivity index (χ4n) is 3.03. The van der Waals surface area contributed by atoms with Gasteiger partial charge in [-0.1, -0.05) is 6.92 Å².